The van der Waals surface area contributed by atoms with Crippen molar-refractivity contribution in [1.29, 1.82) is 0 Å². The van der Waals surface area contributed by atoms with Gasteiger partial charge in [-0.25, -0.2) is 13.2 Å². The zero-order valence-corrected chi connectivity index (χ0v) is 20.0. The number of anilines is 1. The van der Waals surface area contributed by atoms with E-state index in [9.17, 15) is 18.3 Å². The van der Waals surface area contributed by atoms with Gasteiger partial charge in [-0.3, -0.25) is 4.72 Å². The zero-order valence-electron chi connectivity index (χ0n) is 15.3. The molecule has 1 aliphatic carbocycles. The molecule has 1 saturated carbocycles. The second kappa shape index (κ2) is 8.10. The van der Waals surface area contributed by atoms with Crippen molar-refractivity contribution in [3.05, 3.63) is 52.5 Å². The van der Waals surface area contributed by atoms with E-state index in [0.717, 1.165) is 24.7 Å². The number of rotatable bonds is 5. The summed E-state index contributed by atoms with van der Waals surface area (Å²) in [5.74, 6) is -0.675. The fourth-order valence-electron chi connectivity index (χ4n) is 3.20. The maximum Gasteiger partial charge on any atom is 0.340 e. The SMILES string of the molecule is CS(=O)(=O)Nc1cc2oc(-c3ccc(Cl)cc3)c(C(=O)O)c2cc1C1CC1.[K]. The number of halogens is 1. The van der Waals surface area contributed by atoms with Crippen molar-refractivity contribution in [1.82, 2.24) is 0 Å². The number of aromatic carboxylic acids is 1. The molecular weight excluding hydrogens is 429 g/mol. The minimum atomic E-state index is -3.47. The Labute approximate surface area is 209 Å². The quantitative estimate of drug-likeness (QED) is 0.571. The van der Waals surface area contributed by atoms with Gasteiger partial charge < -0.3 is 9.52 Å². The Hall–Kier alpha value is -0.874. The molecule has 0 amide bonds. The summed E-state index contributed by atoms with van der Waals surface area (Å²) in [7, 11) is -3.47. The van der Waals surface area contributed by atoms with Crippen molar-refractivity contribution in [2.24, 2.45) is 0 Å². The fraction of sp³-hybridized carbons (Fsp3) is 0.211. The summed E-state index contributed by atoms with van der Waals surface area (Å²) in [6.45, 7) is 0. The number of sulfonamides is 1. The van der Waals surface area contributed by atoms with Crippen LogP contribution in [0.25, 0.3) is 22.3 Å². The Morgan fingerprint density at radius 3 is 2.39 bits per heavy atom. The van der Waals surface area contributed by atoms with Crippen molar-refractivity contribution in [3.63, 3.8) is 0 Å². The van der Waals surface area contributed by atoms with Gasteiger partial charge in [-0.2, -0.15) is 0 Å². The number of hydrogen-bond acceptors (Lipinski definition) is 4. The number of benzene rings is 2. The standard InChI is InChI=1S/C19H16ClNO5S.K/c1-27(24,25)21-15-9-16-14(8-13(15)10-2-3-10)17(19(22)23)18(26-16)11-4-6-12(20)7-5-11;/h4-10,21H,2-3H2,1H3,(H,22,23);. The molecule has 2 N–H and O–H groups in total. The third-order valence-corrected chi connectivity index (χ3v) is 5.34. The van der Waals surface area contributed by atoms with Gasteiger partial charge in [0.25, 0.3) is 0 Å². The van der Waals surface area contributed by atoms with E-state index < -0.39 is 16.0 Å². The molecule has 0 saturated heterocycles. The minimum absolute atomic E-state index is 0. The van der Waals surface area contributed by atoms with Crippen molar-refractivity contribution in [2.45, 2.75) is 18.8 Å². The molecule has 28 heavy (non-hydrogen) atoms. The summed E-state index contributed by atoms with van der Waals surface area (Å²) < 4.78 is 31.8. The Bertz CT molecular complexity index is 1170. The van der Waals surface area contributed by atoms with E-state index in [1.54, 1.807) is 36.4 Å². The van der Waals surface area contributed by atoms with Gasteiger partial charge in [-0.15, -0.1) is 0 Å². The zero-order chi connectivity index (χ0) is 19.3. The van der Waals surface area contributed by atoms with E-state index in [-0.39, 0.29) is 68.6 Å². The van der Waals surface area contributed by atoms with Gasteiger partial charge in [-0.1, -0.05) is 11.6 Å². The Morgan fingerprint density at radius 1 is 1.21 bits per heavy atom. The van der Waals surface area contributed by atoms with Crippen molar-refractivity contribution >= 4 is 95.6 Å². The number of carboxylic acid groups (broad SMARTS) is 1. The van der Waals surface area contributed by atoms with Crippen LogP contribution in [0.1, 0.15) is 34.7 Å². The first-order valence-corrected chi connectivity index (χ1v) is 10.6. The largest absolute Gasteiger partial charge is 0.478 e. The number of carboxylic acids is 1. The van der Waals surface area contributed by atoms with Gasteiger partial charge in [0.1, 0.15) is 16.9 Å². The molecule has 9 heteroatoms. The van der Waals surface area contributed by atoms with Crippen LogP contribution in [0.2, 0.25) is 5.02 Å². The minimum Gasteiger partial charge on any atom is -0.478 e. The molecule has 4 rings (SSSR count). The van der Waals surface area contributed by atoms with Crippen molar-refractivity contribution < 1.29 is 22.7 Å². The Kier molecular flexibility index (Phi) is 6.31. The molecule has 1 aliphatic rings. The average Bonchev–Trinajstić information content (AvgIpc) is 3.34. The maximum atomic E-state index is 12.0. The molecule has 0 bridgehead atoms. The summed E-state index contributed by atoms with van der Waals surface area (Å²) >= 11 is 5.91. The molecule has 1 heterocycles. The number of furan rings is 1. The number of fused-ring (bicyclic) bond motifs is 1. The van der Waals surface area contributed by atoms with Crippen LogP contribution >= 0.6 is 11.6 Å². The molecule has 1 fully saturated rings. The number of hydrogen-bond donors (Lipinski definition) is 2. The molecule has 6 nitrogen and oxygen atoms in total. The first-order chi connectivity index (χ1) is 12.7. The van der Waals surface area contributed by atoms with E-state index >= 15 is 0 Å². The summed E-state index contributed by atoms with van der Waals surface area (Å²) in [5, 5.41) is 10.8. The summed E-state index contributed by atoms with van der Waals surface area (Å²) in [6.07, 6.45) is 2.96. The summed E-state index contributed by atoms with van der Waals surface area (Å²) in [5.41, 5.74) is 2.17. The van der Waals surface area contributed by atoms with Crippen LogP contribution in [0, 0.1) is 0 Å². The Balaban J connectivity index is 0.00000225. The van der Waals surface area contributed by atoms with Crippen molar-refractivity contribution in [2.75, 3.05) is 11.0 Å². The first-order valence-electron chi connectivity index (χ1n) is 8.30. The molecule has 0 unspecified atom stereocenters. The van der Waals surface area contributed by atoms with E-state index in [2.05, 4.69) is 4.72 Å². The van der Waals surface area contributed by atoms with Crippen LogP contribution in [0.4, 0.5) is 5.69 Å². The number of carbonyl (C=O) groups is 1. The van der Waals surface area contributed by atoms with Crippen LogP contribution in [0.5, 0.6) is 0 Å². The van der Waals surface area contributed by atoms with Gasteiger partial charge in [0.15, 0.2) is 0 Å². The first kappa shape index (κ1) is 21.8. The second-order valence-corrected chi connectivity index (χ2v) is 8.89. The molecule has 141 valence electrons. The van der Waals surface area contributed by atoms with Crippen LogP contribution < -0.4 is 4.72 Å². The smallest absolute Gasteiger partial charge is 0.340 e. The maximum absolute atomic E-state index is 12.0. The molecule has 1 radical (unpaired) electrons. The van der Waals surface area contributed by atoms with E-state index in [1.807, 2.05) is 0 Å². The van der Waals surface area contributed by atoms with Crippen LogP contribution in [0.15, 0.2) is 40.8 Å². The fourth-order valence-corrected chi connectivity index (χ4v) is 3.90. The molecule has 0 aliphatic heterocycles. The predicted octanol–water partition coefficient (Wildman–Crippen LogP) is 4.32. The van der Waals surface area contributed by atoms with Gasteiger partial charge >= 0.3 is 5.97 Å². The van der Waals surface area contributed by atoms with Gasteiger partial charge in [0.2, 0.25) is 10.0 Å². The molecule has 2 aromatic carbocycles. The third kappa shape index (κ3) is 4.48. The average molecular weight is 445 g/mol. The second-order valence-electron chi connectivity index (χ2n) is 6.70. The van der Waals surface area contributed by atoms with Crippen LogP contribution in [0.3, 0.4) is 0 Å². The van der Waals surface area contributed by atoms with Gasteiger partial charge in [0, 0.05) is 73.4 Å². The summed E-state index contributed by atoms with van der Waals surface area (Å²) in [4.78, 5) is 12.0. The normalized spacial score (nSPS) is 13.9. The van der Waals surface area contributed by atoms with Gasteiger partial charge in [0.05, 0.1) is 11.9 Å². The van der Waals surface area contributed by atoms with E-state index in [4.69, 9.17) is 16.0 Å². The predicted molar refractivity (Wildman–Crippen MR) is 110 cm³/mol. The molecule has 0 atom stereocenters. The Morgan fingerprint density at radius 2 is 1.86 bits per heavy atom. The van der Waals surface area contributed by atoms with Crippen molar-refractivity contribution in [3.8, 4) is 11.3 Å². The van der Waals surface area contributed by atoms with E-state index in [1.165, 1.54) is 0 Å². The molecule has 1 aromatic heterocycles. The third-order valence-electron chi connectivity index (χ3n) is 4.49. The van der Waals surface area contributed by atoms with E-state index in [0.29, 0.717) is 27.2 Å². The number of nitrogens with one attached hydrogen (secondary N) is 1. The van der Waals surface area contributed by atoms with Crippen LogP contribution in [-0.4, -0.2) is 77.1 Å². The topological polar surface area (TPSA) is 96.6 Å². The molecular formula is C19H16ClKNO5S. The molecule has 0 spiro atoms. The monoisotopic (exact) mass is 444 g/mol. The van der Waals surface area contributed by atoms with Gasteiger partial charge in [-0.05, 0) is 54.7 Å². The molecule has 3 aromatic rings. The van der Waals surface area contributed by atoms with Crippen LogP contribution in [-0.2, 0) is 10.0 Å². The summed E-state index contributed by atoms with van der Waals surface area (Å²) in [6, 6.07) is 9.97.